The van der Waals surface area contributed by atoms with E-state index in [4.69, 9.17) is 4.74 Å². The molecule has 0 aliphatic rings. The van der Waals surface area contributed by atoms with Gasteiger partial charge in [0.25, 0.3) is 0 Å². The summed E-state index contributed by atoms with van der Waals surface area (Å²) in [5, 5.41) is 6.84. The Morgan fingerprint density at radius 1 is 1.20 bits per heavy atom. The molecular weight excluding hydrogens is 427 g/mol. The van der Waals surface area contributed by atoms with Crippen molar-refractivity contribution >= 4 is 29.9 Å². The highest BCUT2D eigenvalue weighted by molar-refractivity contribution is 14.0. The summed E-state index contributed by atoms with van der Waals surface area (Å²) in [7, 11) is 7.79. The van der Waals surface area contributed by atoms with E-state index < -0.39 is 0 Å². The molecule has 0 aliphatic carbocycles. The average molecular weight is 462 g/mol. The highest BCUT2D eigenvalue weighted by Gasteiger charge is 2.20. The zero-order valence-electron chi connectivity index (χ0n) is 16.5. The molecule has 1 aromatic carbocycles. The summed E-state index contributed by atoms with van der Waals surface area (Å²) in [5.74, 6) is 2.39. The molecule has 0 saturated carbocycles. The lowest BCUT2D eigenvalue weighted by atomic mass is 9.93. The Labute approximate surface area is 170 Å². The van der Waals surface area contributed by atoms with Crippen LogP contribution in [0.1, 0.15) is 32.3 Å². The number of methoxy groups -OCH3 is 1. The minimum absolute atomic E-state index is 0. The van der Waals surface area contributed by atoms with Crippen molar-refractivity contribution in [3.63, 3.8) is 0 Å². The Kier molecular flexibility index (Phi) is 12.7. The molecule has 6 heteroatoms. The predicted molar refractivity (Wildman–Crippen MR) is 118 cm³/mol. The first kappa shape index (κ1) is 24.0. The fourth-order valence-electron chi connectivity index (χ4n) is 2.99. The molecule has 0 heterocycles. The second kappa shape index (κ2) is 13.2. The van der Waals surface area contributed by atoms with Crippen LogP contribution >= 0.6 is 24.0 Å². The van der Waals surface area contributed by atoms with Crippen LogP contribution in [0, 0.1) is 5.92 Å². The number of benzene rings is 1. The van der Waals surface area contributed by atoms with Gasteiger partial charge in [0, 0.05) is 26.2 Å². The van der Waals surface area contributed by atoms with E-state index in [-0.39, 0.29) is 24.0 Å². The summed E-state index contributed by atoms with van der Waals surface area (Å²) < 4.78 is 5.27. The van der Waals surface area contributed by atoms with Gasteiger partial charge in [-0.3, -0.25) is 4.99 Å². The first-order valence-corrected chi connectivity index (χ1v) is 8.79. The normalized spacial score (nSPS) is 12.7. The van der Waals surface area contributed by atoms with Crippen LogP contribution in [0.3, 0.4) is 0 Å². The van der Waals surface area contributed by atoms with Crippen LogP contribution in [0.4, 0.5) is 0 Å². The third-order valence-electron chi connectivity index (χ3n) is 4.55. The summed E-state index contributed by atoms with van der Waals surface area (Å²) in [6.45, 7) is 6.13. The van der Waals surface area contributed by atoms with Gasteiger partial charge in [0.15, 0.2) is 5.96 Å². The number of likely N-dealkylation sites (N-methyl/N-ethyl adjacent to an activating group) is 1. The van der Waals surface area contributed by atoms with Gasteiger partial charge in [-0.1, -0.05) is 38.8 Å². The first-order chi connectivity index (χ1) is 11.5. The molecule has 1 rings (SSSR count). The van der Waals surface area contributed by atoms with E-state index in [0.29, 0.717) is 18.5 Å². The monoisotopic (exact) mass is 462 g/mol. The van der Waals surface area contributed by atoms with Crippen LogP contribution in [0.15, 0.2) is 29.3 Å². The summed E-state index contributed by atoms with van der Waals surface area (Å²) in [6, 6.07) is 8.56. The van der Waals surface area contributed by atoms with E-state index in [2.05, 4.69) is 54.5 Å². The number of nitrogens with one attached hydrogen (secondary N) is 2. The van der Waals surface area contributed by atoms with Crippen molar-refractivity contribution in [2.24, 2.45) is 10.9 Å². The van der Waals surface area contributed by atoms with Crippen LogP contribution in [-0.2, 0) is 6.54 Å². The Morgan fingerprint density at radius 3 is 2.40 bits per heavy atom. The second-order valence-electron chi connectivity index (χ2n) is 6.27. The molecule has 0 bridgehead atoms. The van der Waals surface area contributed by atoms with Gasteiger partial charge in [-0.15, -0.1) is 24.0 Å². The Bertz CT molecular complexity index is 504. The minimum Gasteiger partial charge on any atom is -0.497 e. The Balaban J connectivity index is 0.00000576. The number of rotatable bonds is 9. The zero-order valence-corrected chi connectivity index (χ0v) is 18.8. The van der Waals surface area contributed by atoms with Crippen molar-refractivity contribution < 1.29 is 4.74 Å². The summed E-state index contributed by atoms with van der Waals surface area (Å²) in [5.41, 5.74) is 1.17. The average Bonchev–Trinajstić information content (AvgIpc) is 2.60. The zero-order chi connectivity index (χ0) is 17.9. The number of ether oxygens (including phenoxy) is 1. The Hall–Kier alpha value is -1.02. The van der Waals surface area contributed by atoms with Crippen molar-refractivity contribution in [3.05, 3.63) is 29.8 Å². The lowest BCUT2D eigenvalue weighted by Crippen LogP contribution is -2.47. The second-order valence-corrected chi connectivity index (χ2v) is 6.27. The van der Waals surface area contributed by atoms with Gasteiger partial charge >= 0.3 is 0 Å². The van der Waals surface area contributed by atoms with Crippen LogP contribution < -0.4 is 15.4 Å². The van der Waals surface area contributed by atoms with Crippen molar-refractivity contribution in [1.29, 1.82) is 0 Å². The molecule has 1 atom stereocenters. The molecule has 2 N–H and O–H groups in total. The molecule has 0 radical (unpaired) electrons. The van der Waals surface area contributed by atoms with E-state index in [1.54, 1.807) is 7.11 Å². The topological polar surface area (TPSA) is 48.9 Å². The quantitative estimate of drug-likeness (QED) is 0.336. The fraction of sp³-hybridized carbons (Fsp3) is 0.632. The molecule has 1 aromatic rings. The van der Waals surface area contributed by atoms with Gasteiger partial charge in [0.05, 0.1) is 7.11 Å². The third kappa shape index (κ3) is 8.27. The number of aliphatic imine (C=N–C) groups is 1. The van der Waals surface area contributed by atoms with Gasteiger partial charge in [-0.25, -0.2) is 0 Å². The van der Waals surface area contributed by atoms with Gasteiger partial charge in [0.2, 0.25) is 0 Å². The maximum Gasteiger partial charge on any atom is 0.191 e. The van der Waals surface area contributed by atoms with Crippen molar-refractivity contribution in [3.8, 4) is 5.75 Å². The molecule has 25 heavy (non-hydrogen) atoms. The van der Waals surface area contributed by atoms with Crippen molar-refractivity contribution in [1.82, 2.24) is 15.5 Å². The van der Waals surface area contributed by atoms with Crippen LogP contribution in [0.2, 0.25) is 0 Å². The fourth-order valence-corrected chi connectivity index (χ4v) is 2.99. The molecule has 5 nitrogen and oxygen atoms in total. The number of hydrogen-bond acceptors (Lipinski definition) is 3. The summed E-state index contributed by atoms with van der Waals surface area (Å²) >= 11 is 0. The summed E-state index contributed by atoms with van der Waals surface area (Å²) in [4.78, 5) is 6.64. The molecule has 0 saturated heterocycles. The maximum atomic E-state index is 5.27. The first-order valence-electron chi connectivity index (χ1n) is 8.79. The molecule has 0 aliphatic heterocycles. The van der Waals surface area contributed by atoms with Crippen LogP contribution in [0.25, 0.3) is 0 Å². The smallest absolute Gasteiger partial charge is 0.191 e. The minimum atomic E-state index is 0. The lowest BCUT2D eigenvalue weighted by Gasteiger charge is -2.32. The lowest BCUT2D eigenvalue weighted by molar-refractivity contribution is 0.200. The molecular formula is C19H35IN4O. The maximum absolute atomic E-state index is 5.27. The highest BCUT2D eigenvalue weighted by atomic mass is 127. The van der Waals surface area contributed by atoms with Gasteiger partial charge in [0.1, 0.15) is 5.75 Å². The van der Waals surface area contributed by atoms with Crippen LogP contribution in [-0.4, -0.2) is 51.7 Å². The van der Waals surface area contributed by atoms with E-state index >= 15 is 0 Å². The van der Waals surface area contributed by atoms with Crippen molar-refractivity contribution in [2.75, 3.05) is 34.8 Å². The van der Waals surface area contributed by atoms with E-state index in [9.17, 15) is 0 Å². The molecule has 144 valence electrons. The molecule has 0 spiro atoms. The highest BCUT2D eigenvalue weighted by Crippen LogP contribution is 2.16. The standard InChI is InChI=1S/C19H34N4O.HI/c1-7-16(8-2)18(23(4)5)14-22-19(20-3)21-13-15-10-9-11-17(12-15)24-6;/h9-12,16,18H,7-8,13-14H2,1-6H3,(H2,20,21,22);1H. The van der Waals surface area contributed by atoms with Gasteiger partial charge in [-0.05, 0) is 37.7 Å². The molecule has 0 fully saturated rings. The van der Waals surface area contributed by atoms with E-state index in [1.807, 2.05) is 25.2 Å². The number of hydrogen-bond donors (Lipinski definition) is 2. The van der Waals surface area contributed by atoms with Gasteiger partial charge < -0.3 is 20.3 Å². The van der Waals surface area contributed by atoms with Crippen molar-refractivity contribution in [2.45, 2.75) is 39.3 Å². The van der Waals surface area contributed by atoms with Gasteiger partial charge in [-0.2, -0.15) is 0 Å². The number of guanidine groups is 1. The molecule has 1 unspecified atom stereocenters. The predicted octanol–water partition coefficient (Wildman–Crippen LogP) is 3.34. The largest absolute Gasteiger partial charge is 0.497 e. The van der Waals surface area contributed by atoms with E-state index in [0.717, 1.165) is 18.3 Å². The Morgan fingerprint density at radius 2 is 1.88 bits per heavy atom. The van der Waals surface area contributed by atoms with Crippen LogP contribution in [0.5, 0.6) is 5.75 Å². The molecule has 0 aromatic heterocycles. The SMILES string of the molecule is CCC(CC)C(CNC(=NC)NCc1cccc(OC)c1)N(C)C.I. The number of nitrogens with zero attached hydrogens (tertiary/aromatic N) is 2. The number of halogens is 1. The molecule has 0 amide bonds. The third-order valence-corrected chi connectivity index (χ3v) is 4.55. The van der Waals surface area contributed by atoms with E-state index in [1.165, 1.54) is 18.4 Å². The summed E-state index contributed by atoms with van der Waals surface area (Å²) in [6.07, 6.45) is 2.38.